The minimum Gasteiger partial charge on any atom is -0.507 e. The third-order valence-corrected chi connectivity index (χ3v) is 5.71. The van der Waals surface area contributed by atoms with Gasteiger partial charge in [-0.3, -0.25) is 9.69 Å². The summed E-state index contributed by atoms with van der Waals surface area (Å²) in [5, 5.41) is 10.5. The van der Waals surface area contributed by atoms with Crippen LogP contribution in [0.25, 0.3) is 6.08 Å². The molecule has 5 heteroatoms. The molecule has 1 saturated heterocycles. The van der Waals surface area contributed by atoms with E-state index >= 15 is 0 Å². The van der Waals surface area contributed by atoms with Gasteiger partial charge in [-0.1, -0.05) is 18.6 Å². The van der Waals surface area contributed by atoms with E-state index in [2.05, 4.69) is 11.8 Å². The molecule has 5 nitrogen and oxygen atoms in total. The molecule has 2 heterocycles. The highest BCUT2D eigenvalue weighted by atomic mass is 16.5. The summed E-state index contributed by atoms with van der Waals surface area (Å²) in [6.07, 6.45) is 5.28. The number of carbonyl (C=O) groups excluding carboxylic acids is 1. The summed E-state index contributed by atoms with van der Waals surface area (Å²) >= 11 is 0. The van der Waals surface area contributed by atoms with Crippen molar-refractivity contribution < 1.29 is 19.4 Å². The van der Waals surface area contributed by atoms with E-state index in [1.54, 1.807) is 18.2 Å². The Bertz CT molecular complexity index is 933. The topological polar surface area (TPSA) is 59.0 Å². The van der Waals surface area contributed by atoms with Gasteiger partial charge in [0.05, 0.1) is 17.7 Å². The number of likely N-dealkylation sites (tertiary alicyclic amines) is 1. The summed E-state index contributed by atoms with van der Waals surface area (Å²) in [5.41, 5.74) is 2.07. The van der Waals surface area contributed by atoms with Crippen LogP contribution < -0.4 is 9.47 Å². The summed E-state index contributed by atoms with van der Waals surface area (Å²) < 4.78 is 11.4. The summed E-state index contributed by atoms with van der Waals surface area (Å²) in [7, 11) is 0. The van der Waals surface area contributed by atoms with Crippen LogP contribution in [-0.4, -0.2) is 35.0 Å². The Morgan fingerprint density at radius 2 is 2.00 bits per heavy atom. The van der Waals surface area contributed by atoms with Crippen LogP contribution in [0.1, 0.15) is 54.6 Å². The molecule has 29 heavy (non-hydrogen) atoms. The molecule has 2 aromatic rings. The van der Waals surface area contributed by atoms with Crippen molar-refractivity contribution in [1.82, 2.24) is 4.90 Å². The maximum absolute atomic E-state index is 12.9. The number of aromatic hydroxyl groups is 1. The second-order valence-electron chi connectivity index (χ2n) is 7.70. The maximum Gasteiger partial charge on any atom is 0.231 e. The molecule has 1 fully saturated rings. The molecule has 0 bridgehead atoms. The fraction of sp³-hybridized carbons (Fsp3) is 0.375. The summed E-state index contributed by atoms with van der Waals surface area (Å²) in [6.45, 7) is 6.34. The van der Waals surface area contributed by atoms with Gasteiger partial charge in [-0.05, 0) is 69.1 Å². The second-order valence-corrected chi connectivity index (χ2v) is 7.70. The highest BCUT2D eigenvalue weighted by molar-refractivity contribution is 6.15. The van der Waals surface area contributed by atoms with Crippen LogP contribution in [0.15, 0.2) is 42.2 Å². The smallest absolute Gasteiger partial charge is 0.231 e. The maximum atomic E-state index is 12.9. The first-order valence-corrected chi connectivity index (χ1v) is 10.3. The zero-order chi connectivity index (χ0) is 20.4. The monoisotopic (exact) mass is 393 g/mol. The van der Waals surface area contributed by atoms with Crippen molar-refractivity contribution in [2.75, 3.05) is 13.2 Å². The number of fused-ring (bicyclic) bond motifs is 1. The summed E-state index contributed by atoms with van der Waals surface area (Å²) in [5.74, 6) is 1.59. The van der Waals surface area contributed by atoms with Crippen molar-refractivity contribution in [3.8, 4) is 17.2 Å². The molecule has 0 saturated carbocycles. The number of allylic oxidation sites excluding steroid dienone is 1. The van der Waals surface area contributed by atoms with Crippen LogP contribution in [0.4, 0.5) is 0 Å². The van der Waals surface area contributed by atoms with E-state index < -0.39 is 0 Å². The van der Waals surface area contributed by atoms with E-state index in [1.807, 2.05) is 31.2 Å². The lowest BCUT2D eigenvalue weighted by Gasteiger charge is -2.33. The van der Waals surface area contributed by atoms with Crippen LogP contribution in [0.3, 0.4) is 0 Å². The van der Waals surface area contributed by atoms with Crippen LogP contribution in [-0.2, 0) is 6.54 Å². The third-order valence-electron chi connectivity index (χ3n) is 5.71. The van der Waals surface area contributed by atoms with Gasteiger partial charge >= 0.3 is 0 Å². The molecule has 0 spiro atoms. The van der Waals surface area contributed by atoms with Gasteiger partial charge in [0.15, 0.2) is 5.76 Å². The van der Waals surface area contributed by atoms with Gasteiger partial charge in [0.25, 0.3) is 0 Å². The van der Waals surface area contributed by atoms with Crippen LogP contribution >= 0.6 is 0 Å². The lowest BCUT2D eigenvalue weighted by molar-refractivity contribution is 0.101. The number of rotatable bonds is 5. The molecule has 2 aliphatic heterocycles. The van der Waals surface area contributed by atoms with E-state index in [1.165, 1.54) is 6.42 Å². The Hall–Kier alpha value is -2.79. The zero-order valence-electron chi connectivity index (χ0n) is 17.0. The standard InChI is InChI=1S/C24H27NO4/c1-3-28-18-9-7-17(8-10-18)14-22-23(27)19-11-12-21(26)20(24(19)29-22)15-25-13-5-4-6-16(25)2/h7-12,14,16,26H,3-6,13,15H2,1-2H3/b22-14-/t16-/m1/s1. The molecule has 152 valence electrons. The SMILES string of the molecule is CCOc1ccc(/C=C2\Oc3c(ccc(O)c3CN3CCCC[C@H]3C)C2=O)cc1. The van der Waals surface area contributed by atoms with E-state index in [0.29, 0.717) is 36.1 Å². The average Bonchev–Trinajstić information content (AvgIpc) is 3.03. The van der Waals surface area contributed by atoms with Gasteiger partial charge < -0.3 is 14.6 Å². The Labute approximate surface area is 171 Å². The molecular weight excluding hydrogens is 366 g/mol. The Morgan fingerprint density at radius 1 is 1.21 bits per heavy atom. The minimum atomic E-state index is -0.151. The summed E-state index contributed by atoms with van der Waals surface area (Å²) in [6, 6.07) is 11.2. The Morgan fingerprint density at radius 3 is 2.72 bits per heavy atom. The van der Waals surface area contributed by atoms with Gasteiger partial charge in [-0.2, -0.15) is 0 Å². The first kappa shape index (κ1) is 19.5. The van der Waals surface area contributed by atoms with E-state index in [4.69, 9.17) is 9.47 Å². The lowest BCUT2D eigenvalue weighted by Crippen LogP contribution is -2.36. The number of carbonyl (C=O) groups is 1. The number of phenols is 1. The largest absolute Gasteiger partial charge is 0.507 e. The number of nitrogens with zero attached hydrogens (tertiary/aromatic N) is 1. The molecule has 4 rings (SSSR count). The average molecular weight is 393 g/mol. The highest BCUT2D eigenvalue weighted by Gasteiger charge is 2.32. The number of ether oxygens (including phenoxy) is 2. The normalized spacial score (nSPS) is 20.6. The number of hydrogen-bond donors (Lipinski definition) is 1. The molecule has 2 aromatic carbocycles. The number of benzene rings is 2. The zero-order valence-corrected chi connectivity index (χ0v) is 17.0. The van der Waals surface area contributed by atoms with Crippen LogP contribution in [0, 0.1) is 0 Å². The van der Waals surface area contributed by atoms with Gasteiger partial charge in [0.2, 0.25) is 5.78 Å². The van der Waals surface area contributed by atoms with E-state index in [9.17, 15) is 9.90 Å². The van der Waals surface area contributed by atoms with Crippen molar-refractivity contribution in [1.29, 1.82) is 0 Å². The lowest BCUT2D eigenvalue weighted by atomic mass is 10.0. The highest BCUT2D eigenvalue weighted by Crippen LogP contribution is 2.40. The Kier molecular flexibility index (Phi) is 5.58. The Balaban J connectivity index is 1.60. The van der Waals surface area contributed by atoms with Crippen LogP contribution in [0.2, 0.25) is 0 Å². The predicted octanol–water partition coefficient (Wildman–Crippen LogP) is 4.78. The van der Waals surface area contributed by atoms with Gasteiger partial charge in [0, 0.05) is 12.6 Å². The first-order chi connectivity index (χ1) is 14.1. The molecule has 0 aromatic heterocycles. The third kappa shape index (κ3) is 4.01. The number of phenolic OH excluding ortho intramolecular Hbond substituents is 1. The van der Waals surface area contributed by atoms with Crippen molar-refractivity contribution in [3.63, 3.8) is 0 Å². The molecule has 1 atom stereocenters. The molecule has 0 amide bonds. The molecular formula is C24H27NO4. The quantitative estimate of drug-likeness (QED) is 0.741. The molecule has 0 aliphatic carbocycles. The van der Waals surface area contributed by atoms with Crippen molar-refractivity contribution in [2.45, 2.75) is 45.7 Å². The number of piperidine rings is 1. The summed E-state index contributed by atoms with van der Waals surface area (Å²) in [4.78, 5) is 15.2. The fourth-order valence-corrected chi connectivity index (χ4v) is 4.02. The predicted molar refractivity (Wildman–Crippen MR) is 112 cm³/mol. The van der Waals surface area contributed by atoms with Crippen LogP contribution in [0.5, 0.6) is 17.2 Å². The fourth-order valence-electron chi connectivity index (χ4n) is 4.02. The van der Waals surface area contributed by atoms with E-state index in [-0.39, 0.29) is 17.3 Å². The van der Waals surface area contributed by atoms with Crippen molar-refractivity contribution in [2.24, 2.45) is 0 Å². The molecule has 2 aliphatic rings. The van der Waals surface area contributed by atoms with E-state index in [0.717, 1.165) is 30.7 Å². The number of Topliss-reactive ketones (excluding diaryl/α,β-unsaturated/α-hetero) is 1. The number of hydrogen-bond acceptors (Lipinski definition) is 5. The van der Waals surface area contributed by atoms with Crippen molar-refractivity contribution in [3.05, 3.63) is 58.8 Å². The van der Waals surface area contributed by atoms with Gasteiger partial charge in [-0.25, -0.2) is 0 Å². The minimum absolute atomic E-state index is 0.151. The molecule has 0 unspecified atom stereocenters. The van der Waals surface area contributed by atoms with Crippen molar-refractivity contribution >= 4 is 11.9 Å². The van der Waals surface area contributed by atoms with Gasteiger partial charge in [-0.15, -0.1) is 0 Å². The van der Waals surface area contributed by atoms with Gasteiger partial charge in [0.1, 0.15) is 17.2 Å². The molecule has 1 N–H and O–H groups in total. The number of ketones is 1. The molecule has 0 radical (unpaired) electrons. The second kappa shape index (κ2) is 8.29. The first-order valence-electron chi connectivity index (χ1n) is 10.3.